The Labute approximate surface area is 95.6 Å². The maximum Gasteiger partial charge on any atom is 0.224 e. The van der Waals surface area contributed by atoms with Crippen LogP contribution in [0.1, 0.15) is 25.3 Å². The third-order valence-electron chi connectivity index (χ3n) is 2.13. The molecule has 0 aromatic heterocycles. The number of hydrogen-bond acceptors (Lipinski definition) is 1. The molecular weight excluding hydrogens is 210 g/mol. The van der Waals surface area contributed by atoms with Crippen molar-refractivity contribution in [3.63, 3.8) is 0 Å². The van der Waals surface area contributed by atoms with Crippen LogP contribution in [-0.4, -0.2) is 11.8 Å². The minimum Gasteiger partial charge on any atom is -0.326 e. The first-order valence-electron chi connectivity index (χ1n) is 5.21. The van der Waals surface area contributed by atoms with Gasteiger partial charge in [0.05, 0.1) is 0 Å². The van der Waals surface area contributed by atoms with E-state index < -0.39 is 0 Å². The summed E-state index contributed by atoms with van der Waals surface area (Å²) < 4.78 is 0. The lowest BCUT2D eigenvalue weighted by Gasteiger charge is -2.05. The molecule has 0 aliphatic heterocycles. The third-order valence-corrected chi connectivity index (χ3v) is 2.40. The lowest BCUT2D eigenvalue weighted by atomic mass is 10.1. The molecule has 1 rings (SSSR count). The highest BCUT2D eigenvalue weighted by Crippen LogP contribution is 2.12. The second-order valence-corrected chi connectivity index (χ2v) is 3.77. The number of amides is 1. The summed E-state index contributed by atoms with van der Waals surface area (Å²) in [6.45, 7) is 1.84. The molecule has 82 valence electrons. The quantitative estimate of drug-likeness (QED) is 0.767. The second kappa shape index (κ2) is 6.46. The van der Waals surface area contributed by atoms with Crippen LogP contribution < -0.4 is 5.32 Å². The van der Waals surface area contributed by atoms with Crippen molar-refractivity contribution in [3.8, 4) is 0 Å². The van der Waals surface area contributed by atoms with Gasteiger partial charge in [-0.3, -0.25) is 4.79 Å². The van der Waals surface area contributed by atoms with Crippen LogP contribution in [-0.2, 0) is 11.2 Å². The molecule has 1 aromatic rings. The molecule has 2 nitrogen and oxygen atoms in total. The number of carbonyl (C=O) groups is 1. The van der Waals surface area contributed by atoms with Crippen molar-refractivity contribution in [2.24, 2.45) is 0 Å². The van der Waals surface area contributed by atoms with Crippen molar-refractivity contribution < 1.29 is 4.79 Å². The van der Waals surface area contributed by atoms with Crippen molar-refractivity contribution in [1.82, 2.24) is 0 Å². The number of anilines is 1. The second-order valence-electron chi connectivity index (χ2n) is 3.39. The molecule has 3 heteroatoms. The molecule has 0 radical (unpaired) electrons. The molecule has 0 fully saturated rings. The Hall–Kier alpha value is -1.02. The zero-order valence-electron chi connectivity index (χ0n) is 8.92. The lowest BCUT2D eigenvalue weighted by Crippen LogP contribution is -2.09. The molecule has 15 heavy (non-hydrogen) atoms. The van der Waals surface area contributed by atoms with Crippen molar-refractivity contribution >= 4 is 23.2 Å². The Bertz CT molecular complexity index is 325. The first-order chi connectivity index (χ1) is 7.26. The van der Waals surface area contributed by atoms with E-state index in [0.717, 1.165) is 18.5 Å². The standard InChI is InChI=1S/C12H16ClNO/c1-2-12(15)14-11-7-3-5-10(9-11)6-4-8-13/h3,5,7,9H,2,4,6,8H2,1H3,(H,14,15). The number of aryl methyl sites for hydroxylation is 1. The van der Waals surface area contributed by atoms with E-state index in [-0.39, 0.29) is 5.91 Å². The minimum absolute atomic E-state index is 0.0458. The lowest BCUT2D eigenvalue weighted by molar-refractivity contribution is -0.115. The van der Waals surface area contributed by atoms with E-state index in [0.29, 0.717) is 12.3 Å². The number of hydrogen-bond donors (Lipinski definition) is 1. The largest absolute Gasteiger partial charge is 0.326 e. The van der Waals surface area contributed by atoms with Crippen LogP contribution in [0.4, 0.5) is 5.69 Å². The van der Waals surface area contributed by atoms with E-state index in [1.165, 1.54) is 5.56 Å². The van der Waals surface area contributed by atoms with Gasteiger partial charge in [-0.1, -0.05) is 19.1 Å². The van der Waals surface area contributed by atoms with Gasteiger partial charge in [0, 0.05) is 18.0 Å². The summed E-state index contributed by atoms with van der Waals surface area (Å²) in [5.74, 6) is 0.718. The predicted molar refractivity (Wildman–Crippen MR) is 64.4 cm³/mol. The van der Waals surface area contributed by atoms with Crippen molar-refractivity contribution in [2.75, 3.05) is 11.2 Å². The van der Waals surface area contributed by atoms with Crippen LogP contribution in [0.25, 0.3) is 0 Å². The average molecular weight is 226 g/mol. The Kier molecular flexibility index (Phi) is 5.19. The highest BCUT2D eigenvalue weighted by Gasteiger charge is 1.99. The zero-order valence-corrected chi connectivity index (χ0v) is 9.68. The van der Waals surface area contributed by atoms with Crippen molar-refractivity contribution in [1.29, 1.82) is 0 Å². The van der Waals surface area contributed by atoms with E-state index in [1.54, 1.807) is 0 Å². The molecule has 0 atom stereocenters. The summed E-state index contributed by atoms with van der Waals surface area (Å²) in [4.78, 5) is 11.2. The Morgan fingerprint density at radius 1 is 1.47 bits per heavy atom. The summed E-state index contributed by atoms with van der Waals surface area (Å²) in [6.07, 6.45) is 2.43. The number of benzene rings is 1. The van der Waals surface area contributed by atoms with Gasteiger partial charge in [-0.15, -0.1) is 11.6 Å². The van der Waals surface area contributed by atoms with Crippen LogP contribution in [0.5, 0.6) is 0 Å². The molecule has 0 unspecified atom stereocenters. The maximum atomic E-state index is 11.2. The highest BCUT2D eigenvalue weighted by molar-refractivity contribution is 6.17. The van der Waals surface area contributed by atoms with E-state index in [2.05, 4.69) is 5.32 Å². The van der Waals surface area contributed by atoms with Gasteiger partial charge in [0.15, 0.2) is 0 Å². The van der Waals surface area contributed by atoms with E-state index in [4.69, 9.17) is 11.6 Å². The van der Waals surface area contributed by atoms with Gasteiger partial charge >= 0.3 is 0 Å². The Balaban J connectivity index is 2.61. The topological polar surface area (TPSA) is 29.1 Å². The van der Waals surface area contributed by atoms with Gasteiger partial charge in [0.1, 0.15) is 0 Å². The van der Waals surface area contributed by atoms with Crippen LogP contribution in [0, 0.1) is 0 Å². The number of carbonyl (C=O) groups excluding carboxylic acids is 1. The molecule has 0 heterocycles. The normalized spacial score (nSPS) is 10.0. The summed E-state index contributed by atoms with van der Waals surface area (Å²) in [5, 5.41) is 2.84. The minimum atomic E-state index is 0.0458. The summed E-state index contributed by atoms with van der Waals surface area (Å²) in [7, 11) is 0. The zero-order chi connectivity index (χ0) is 11.1. The summed E-state index contributed by atoms with van der Waals surface area (Å²) in [5.41, 5.74) is 2.08. The van der Waals surface area contributed by atoms with E-state index in [1.807, 2.05) is 31.2 Å². The first kappa shape index (κ1) is 12.1. The SMILES string of the molecule is CCC(=O)Nc1cccc(CCCCl)c1. The van der Waals surface area contributed by atoms with E-state index >= 15 is 0 Å². The smallest absolute Gasteiger partial charge is 0.224 e. The van der Waals surface area contributed by atoms with Crippen molar-refractivity contribution in [2.45, 2.75) is 26.2 Å². The van der Waals surface area contributed by atoms with Gasteiger partial charge < -0.3 is 5.32 Å². The van der Waals surface area contributed by atoms with Gasteiger partial charge in [0.2, 0.25) is 5.91 Å². The fraction of sp³-hybridized carbons (Fsp3) is 0.417. The number of nitrogens with one attached hydrogen (secondary N) is 1. The number of alkyl halides is 1. The predicted octanol–water partition coefficient (Wildman–Crippen LogP) is 3.21. The molecule has 0 bridgehead atoms. The average Bonchev–Trinajstić information content (AvgIpc) is 2.26. The Morgan fingerprint density at radius 3 is 2.93 bits per heavy atom. The monoisotopic (exact) mass is 225 g/mol. The Morgan fingerprint density at radius 2 is 2.27 bits per heavy atom. The maximum absolute atomic E-state index is 11.2. The molecule has 1 N–H and O–H groups in total. The molecule has 1 amide bonds. The van der Waals surface area contributed by atoms with Crippen LogP contribution >= 0.6 is 11.6 Å². The molecule has 0 aliphatic rings. The number of halogens is 1. The van der Waals surface area contributed by atoms with Gasteiger partial charge in [0.25, 0.3) is 0 Å². The van der Waals surface area contributed by atoms with E-state index in [9.17, 15) is 4.79 Å². The van der Waals surface area contributed by atoms with Crippen LogP contribution in [0.15, 0.2) is 24.3 Å². The third kappa shape index (κ3) is 4.34. The molecule has 0 spiro atoms. The van der Waals surface area contributed by atoms with Crippen molar-refractivity contribution in [3.05, 3.63) is 29.8 Å². The van der Waals surface area contributed by atoms with Gasteiger partial charge in [-0.25, -0.2) is 0 Å². The molecule has 0 aliphatic carbocycles. The molecule has 0 saturated heterocycles. The highest BCUT2D eigenvalue weighted by atomic mass is 35.5. The van der Waals surface area contributed by atoms with Gasteiger partial charge in [-0.05, 0) is 30.5 Å². The molecule has 0 saturated carbocycles. The summed E-state index contributed by atoms with van der Waals surface area (Å²) in [6, 6.07) is 7.90. The van der Waals surface area contributed by atoms with Crippen LogP contribution in [0.3, 0.4) is 0 Å². The van der Waals surface area contributed by atoms with Crippen LogP contribution in [0.2, 0.25) is 0 Å². The fourth-order valence-corrected chi connectivity index (χ4v) is 1.46. The van der Waals surface area contributed by atoms with Gasteiger partial charge in [-0.2, -0.15) is 0 Å². The molecular formula is C12H16ClNO. The summed E-state index contributed by atoms with van der Waals surface area (Å²) >= 11 is 5.63. The first-order valence-corrected chi connectivity index (χ1v) is 5.74. The fourth-order valence-electron chi connectivity index (χ4n) is 1.32. The number of rotatable bonds is 5. The molecule has 1 aromatic carbocycles.